The average Bonchev–Trinajstić information content (AvgIpc) is 2.86. The van der Waals surface area contributed by atoms with Gasteiger partial charge in [-0.1, -0.05) is 49.6 Å². The number of carbonyl (C=O) groups excluding carboxylic acids is 2. The molecule has 1 fully saturated rings. The molecule has 1 unspecified atom stereocenters. The van der Waals surface area contributed by atoms with Gasteiger partial charge in [-0.05, 0) is 50.3 Å². The molecule has 3 rings (SSSR count). The van der Waals surface area contributed by atoms with Gasteiger partial charge in [0.2, 0.25) is 21.8 Å². The molecular weight excluding hydrogens is 508 g/mol. The van der Waals surface area contributed by atoms with E-state index in [9.17, 15) is 28.1 Å². The van der Waals surface area contributed by atoms with E-state index in [1.54, 1.807) is 13.8 Å². The number of nitrogens with zero attached hydrogens (tertiary/aromatic N) is 3. The van der Waals surface area contributed by atoms with E-state index in [0.29, 0.717) is 5.56 Å². The van der Waals surface area contributed by atoms with Crippen molar-refractivity contribution in [3.05, 3.63) is 69.3 Å². The van der Waals surface area contributed by atoms with Crippen molar-refractivity contribution < 1.29 is 22.9 Å². The van der Waals surface area contributed by atoms with E-state index in [2.05, 4.69) is 5.32 Å². The summed E-state index contributed by atoms with van der Waals surface area (Å²) in [5.74, 6) is -0.882. The summed E-state index contributed by atoms with van der Waals surface area (Å²) in [6.45, 7) is 4.66. The number of nitro benzene ring substituents is 1. The van der Waals surface area contributed by atoms with Crippen molar-refractivity contribution in [1.82, 2.24) is 10.2 Å². The number of hydrogen-bond donors (Lipinski definition) is 1. The van der Waals surface area contributed by atoms with Crippen molar-refractivity contribution in [2.45, 2.75) is 71.5 Å². The minimum absolute atomic E-state index is 0.0465. The van der Waals surface area contributed by atoms with Crippen LogP contribution in [0.4, 0.5) is 11.4 Å². The quantitative estimate of drug-likeness (QED) is 0.357. The highest BCUT2D eigenvalue weighted by molar-refractivity contribution is 7.92. The molecule has 1 saturated carbocycles. The molecule has 0 aliphatic heterocycles. The van der Waals surface area contributed by atoms with Crippen molar-refractivity contribution in [1.29, 1.82) is 0 Å². The zero-order valence-corrected chi connectivity index (χ0v) is 23.2. The number of aryl methyl sites for hydroxylation is 2. The molecule has 0 spiro atoms. The van der Waals surface area contributed by atoms with Gasteiger partial charge in [-0.15, -0.1) is 0 Å². The van der Waals surface area contributed by atoms with E-state index in [1.807, 2.05) is 31.2 Å². The number of anilines is 1. The van der Waals surface area contributed by atoms with Gasteiger partial charge in [-0.3, -0.25) is 24.0 Å². The molecule has 0 saturated heterocycles. The van der Waals surface area contributed by atoms with Gasteiger partial charge in [0, 0.05) is 24.7 Å². The van der Waals surface area contributed by atoms with E-state index < -0.39 is 33.4 Å². The Morgan fingerprint density at radius 1 is 1.08 bits per heavy atom. The molecule has 1 atom stereocenters. The second-order valence-corrected chi connectivity index (χ2v) is 11.9. The van der Waals surface area contributed by atoms with Crippen LogP contribution in [0.2, 0.25) is 0 Å². The lowest BCUT2D eigenvalue weighted by molar-refractivity contribution is -0.384. The van der Waals surface area contributed by atoms with Crippen LogP contribution in [0.15, 0.2) is 42.5 Å². The maximum absolute atomic E-state index is 13.8. The molecule has 0 bridgehead atoms. The molecule has 2 amide bonds. The van der Waals surface area contributed by atoms with E-state index in [4.69, 9.17) is 0 Å². The van der Waals surface area contributed by atoms with Gasteiger partial charge in [-0.2, -0.15) is 0 Å². The number of sulfonamides is 1. The molecule has 0 heterocycles. The first-order chi connectivity index (χ1) is 17.9. The summed E-state index contributed by atoms with van der Waals surface area (Å²) >= 11 is 0. The number of rotatable bonds is 10. The average molecular weight is 545 g/mol. The van der Waals surface area contributed by atoms with E-state index in [-0.39, 0.29) is 29.9 Å². The number of carbonyl (C=O) groups is 2. The summed E-state index contributed by atoms with van der Waals surface area (Å²) < 4.78 is 26.5. The molecule has 11 heteroatoms. The highest BCUT2D eigenvalue weighted by Gasteiger charge is 2.32. The third kappa shape index (κ3) is 7.31. The first-order valence-corrected chi connectivity index (χ1v) is 14.6. The molecule has 38 heavy (non-hydrogen) atoms. The fraction of sp³-hybridized carbons (Fsp3) is 0.481. The first kappa shape index (κ1) is 29.1. The van der Waals surface area contributed by atoms with Crippen molar-refractivity contribution in [3.63, 3.8) is 0 Å². The largest absolute Gasteiger partial charge is 0.352 e. The van der Waals surface area contributed by atoms with Crippen LogP contribution in [0.25, 0.3) is 0 Å². The SMILES string of the molecule is Cc1ccccc1CN(C(=O)CN(c1cc([N+](=O)[O-])ccc1C)S(C)(=O)=O)C(C)C(=O)NC1CCCCC1. The van der Waals surface area contributed by atoms with E-state index in [0.717, 1.165) is 59.9 Å². The number of hydrogen-bond acceptors (Lipinski definition) is 6. The maximum Gasteiger partial charge on any atom is 0.271 e. The normalized spacial score (nSPS) is 14.9. The number of nitro groups is 1. The van der Waals surface area contributed by atoms with Gasteiger partial charge in [0.25, 0.3) is 5.69 Å². The Labute approximate surface area is 224 Å². The summed E-state index contributed by atoms with van der Waals surface area (Å²) in [7, 11) is -4.00. The minimum atomic E-state index is -4.00. The molecule has 2 aromatic rings. The topological polar surface area (TPSA) is 130 Å². The molecule has 1 aliphatic rings. The lowest BCUT2D eigenvalue weighted by atomic mass is 9.95. The Morgan fingerprint density at radius 2 is 1.74 bits per heavy atom. The standard InChI is InChI=1S/C27H36N4O6S/c1-19-10-8-9-11-22(19)17-29(21(3)27(33)28-23-12-6-5-7-13-23)26(32)18-30(38(4,36)37)25-16-24(31(34)35)15-14-20(25)2/h8-11,14-16,21,23H,5-7,12-13,17-18H2,1-4H3,(H,28,33). The highest BCUT2D eigenvalue weighted by atomic mass is 32.2. The number of amides is 2. The smallest absolute Gasteiger partial charge is 0.271 e. The summed E-state index contributed by atoms with van der Waals surface area (Å²) in [6, 6.07) is 10.5. The highest BCUT2D eigenvalue weighted by Crippen LogP contribution is 2.28. The van der Waals surface area contributed by atoms with Crippen LogP contribution >= 0.6 is 0 Å². The van der Waals surface area contributed by atoms with Crippen LogP contribution < -0.4 is 9.62 Å². The zero-order valence-electron chi connectivity index (χ0n) is 22.3. The monoisotopic (exact) mass is 544 g/mol. The van der Waals surface area contributed by atoms with Crippen molar-refractivity contribution >= 4 is 33.2 Å². The number of non-ortho nitro benzene ring substituents is 1. The number of nitrogens with one attached hydrogen (secondary N) is 1. The van der Waals surface area contributed by atoms with E-state index >= 15 is 0 Å². The second kappa shape index (κ2) is 12.4. The third-order valence-electron chi connectivity index (χ3n) is 7.07. The minimum Gasteiger partial charge on any atom is -0.352 e. The van der Waals surface area contributed by atoms with Gasteiger partial charge in [0.05, 0.1) is 16.9 Å². The van der Waals surface area contributed by atoms with Crippen LogP contribution in [0.5, 0.6) is 0 Å². The van der Waals surface area contributed by atoms with Gasteiger partial charge < -0.3 is 10.2 Å². The van der Waals surface area contributed by atoms with Crippen LogP contribution in [0.3, 0.4) is 0 Å². The molecular formula is C27H36N4O6S. The molecule has 2 aromatic carbocycles. The molecule has 10 nitrogen and oxygen atoms in total. The lowest BCUT2D eigenvalue weighted by Gasteiger charge is -2.33. The van der Waals surface area contributed by atoms with Crippen LogP contribution in [0, 0.1) is 24.0 Å². The fourth-order valence-corrected chi connectivity index (χ4v) is 5.60. The maximum atomic E-state index is 13.8. The number of benzene rings is 2. The fourth-order valence-electron chi connectivity index (χ4n) is 4.70. The van der Waals surface area contributed by atoms with Crippen LogP contribution in [-0.4, -0.2) is 54.9 Å². The van der Waals surface area contributed by atoms with E-state index in [1.165, 1.54) is 17.0 Å². The Kier molecular flexibility index (Phi) is 9.48. The van der Waals surface area contributed by atoms with Gasteiger partial charge in [0.1, 0.15) is 12.6 Å². The lowest BCUT2D eigenvalue weighted by Crippen LogP contribution is -2.53. The Morgan fingerprint density at radius 3 is 2.34 bits per heavy atom. The van der Waals surface area contributed by atoms with Crippen molar-refractivity contribution in [3.8, 4) is 0 Å². The summed E-state index contributed by atoms with van der Waals surface area (Å²) in [6.07, 6.45) is 5.94. The second-order valence-electron chi connectivity index (χ2n) is 9.97. The van der Waals surface area contributed by atoms with Crippen LogP contribution in [-0.2, 0) is 26.2 Å². The van der Waals surface area contributed by atoms with Gasteiger partial charge in [0.15, 0.2) is 0 Å². The Bertz CT molecular complexity index is 1290. The molecule has 0 aromatic heterocycles. The third-order valence-corrected chi connectivity index (χ3v) is 8.20. The first-order valence-electron chi connectivity index (χ1n) is 12.8. The zero-order chi connectivity index (χ0) is 28.0. The summed E-state index contributed by atoms with van der Waals surface area (Å²) in [5, 5.41) is 14.4. The predicted octanol–water partition coefficient (Wildman–Crippen LogP) is 3.84. The molecule has 1 N–H and O–H groups in total. The van der Waals surface area contributed by atoms with Crippen molar-refractivity contribution in [2.75, 3.05) is 17.1 Å². The van der Waals surface area contributed by atoms with Crippen molar-refractivity contribution in [2.24, 2.45) is 0 Å². The van der Waals surface area contributed by atoms with Crippen LogP contribution in [0.1, 0.15) is 55.7 Å². The molecule has 0 radical (unpaired) electrons. The summed E-state index contributed by atoms with van der Waals surface area (Å²) in [4.78, 5) is 39.1. The predicted molar refractivity (Wildman–Crippen MR) is 146 cm³/mol. The summed E-state index contributed by atoms with van der Waals surface area (Å²) in [5.41, 5.74) is 1.98. The molecule has 206 valence electrons. The molecule has 1 aliphatic carbocycles. The van der Waals surface area contributed by atoms with Gasteiger partial charge >= 0.3 is 0 Å². The Hall–Kier alpha value is -3.47. The van der Waals surface area contributed by atoms with Gasteiger partial charge in [-0.25, -0.2) is 8.42 Å². The Balaban J connectivity index is 1.94.